The molecule has 90 heavy (non-hydrogen) atoms. The van der Waals surface area contributed by atoms with E-state index < -0.39 is 41.3 Å². The first-order valence-electron chi connectivity index (χ1n) is 28.9. The van der Waals surface area contributed by atoms with Gasteiger partial charge in [0.15, 0.2) is 0 Å². The zero-order valence-corrected chi connectivity index (χ0v) is 58.4. The molecule has 1 aliphatic heterocycles. The standard InChI is InChI=1S/C11H22N2O3S.C9H18N2O3.C9H18N2O2.C9H9NO3.C6H14N2O2.C5H12N2O.C5H11NO2.C4H10N2O/c1-11(2,3)16-10(15)13-8(6-7-17-5)9(14)12-4;1-9(2,3)14-8(13)11(5)6-7(12)10-4;1-10-9(12)3-2-4-11-5-7-13-8-6-11;1-10-8(11)6-4-2-3-5-7(6)9(12)13;1-7-6(9)10-5-4-8(2)3;1-6-5(8)4-7(2)3;1-6-5(8)3-2-4-7;1-5-3-4(7)6-2/h8H,6-7H2,1-5H3,(H,12,14)(H,13,15);6H2,1-5H3,(H,10,12);2-8H2,1H3,(H,10,12);2-5H,1H3,(H,10,11)(H,12,13);4-5H2,1-3H3,(H,7,9);4H2,1-3H3,(H,6,8);7H,2-4H2,1H3,(H,6,8);5H,3H2,1-2H3,(H,6,7). The average Bonchev–Trinajstić information content (AvgIpc) is 1.53. The van der Waals surface area contributed by atoms with Gasteiger partial charge >= 0.3 is 24.2 Å². The molecule has 0 radical (unpaired) electrons. The molecule has 1 fully saturated rings. The van der Waals surface area contributed by atoms with Crippen molar-refractivity contribution in [3.05, 3.63) is 35.4 Å². The van der Waals surface area contributed by atoms with Crippen molar-refractivity contribution < 1.29 is 81.9 Å². The number of ether oxygens (including phenoxy) is 4. The number of alkyl carbamates (subject to hydrolysis) is 2. The van der Waals surface area contributed by atoms with E-state index in [0.29, 0.717) is 45.4 Å². The largest absolute Gasteiger partial charge is 0.478 e. The summed E-state index contributed by atoms with van der Waals surface area (Å²) in [6.45, 7) is 17.5. The van der Waals surface area contributed by atoms with Crippen molar-refractivity contribution in [3.63, 3.8) is 0 Å². The van der Waals surface area contributed by atoms with Gasteiger partial charge in [-0.3, -0.25) is 38.5 Å². The van der Waals surface area contributed by atoms with E-state index in [0.717, 1.165) is 51.6 Å². The Morgan fingerprint density at radius 2 is 1.11 bits per heavy atom. The molecule has 1 aliphatic rings. The minimum atomic E-state index is -1.10. The number of aromatic carboxylic acids is 1. The highest BCUT2D eigenvalue weighted by Crippen LogP contribution is 2.10. The fourth-order valence-corrected chi connectivity index (χ4v) is 6.09. The van der Waals surface area contributed by atoms with Gasteiger partial charge in [0, 0.05) is 103 Å². The number of nitrogens with zero attached hydrogens (tertiary/aromatic N) is 4. The van der Waals surface area contributed by atoms with Gasteiger partial charge in [0.1, 0.15) is 30.4 Å². The van der Waals surface area contributed by atoms with Crippen molar-refractivity contribution >= 4 is 77.4 Å². The third-order valence-corrected chi connectivity index (χ3v) is 10.9. The predicted octanol–water partition coefficient (Wildman–Crippen LogP) is 0.222. The molecule has 524 valence electrons. The van der Waals surface area contributed by atoms with E-state index in [1.54, 1.807) is 108 Å². The summed E-state index contributed by atoms with van der Waals surface area (Å²) in [6, 6.07) is 5.53. The van der Waals surface area contributed by atoms with Gasteiger partial charge in [0.2, 0.25) is 35.4 Å². The Bertz CT molecular complexity index is 2140. The highest BCUT2D eigenvalue weighted by Gasteiger charge is 2.24. The SMILES string of the molecule is CNC(=O)C(CCSC)NC(=O)OC(C)(C)C.CNC(=O)CCCN1CCOCC1.CNC(=O)CCCO.CNC(=O)CN(C)C.CNC(=O)CN(C)C(=O)OC(C)(C)C.CNC(=O)OCCN(C)C.CNC(=O)c1ccccc1C(=O)O.CNCC(=O)NC. The Hall–Kier alpha value is -7.10. The van der Waals surface area contributed by atoms with E-state index in [4.69, 9.17) is 29.2 Å². The molecule has 1 heterocycles. The number of carbonyl (C=O) groups is 11. The Kier molecular flexibility index (Phi) is 62.2. The highest BCUT2D eigenvalue weighted by atomic mass is 32.2. The summed E-state index contributed by atoms with van der Waals surface area (Å²) < 4.78 is 20.1. The summed E-state index contributed by atoms with van der Waals surface area (Å²) in [5, 5.41) is 42.0. The minimum absolute atomic E-state index is 0.00537. The summed E-state index contributed by atoms with van der Waals surface area (Å²) in [5.41, 5.74) is -0.899. The Balaban J connectivity index is -0.000000228. The quantitative estimate of drug-likeness (QED) is 0.0652. The maximum atomic E-state index is 11.5. The van der Waals surface area contributed by atoms with Crippen LogP contribution in [0.5, 0.6) is 0 Å². The van der Waals surface area contributed by atoms with Crippen LogP contribution < -0.4 is 53.2 Å². The van der Waals surface area contributed by atoms with Gasteiger partial charge in [0.05, 0.1) is 37.4 Å². The fraction of sp³-hybridized carbons (Fsp3) is 0.707. The number of benzene rings is 1. The molecule has 12 N–H and O–H groups in total. The number of carboxylic acids is 1. The molecule has 0 bridgehead atoms. The van der Waals surface area contributed by atoms with E-state index in [9.17, 15) is 52.7 Å². The van der Waals surface area contributed by atoms with E-state index >= 15 is 0 Å². The van der Waals surface area contributed by atoms with Gasteiger partial charge in [-0.15, -0.1) is 0 Å². The first kappa shape index (κ1) is 94.0. The predicted molar refractivity (Wildman–Crippen MR) is 350 cm³/mol. The second-order valence-electron chi connectivity index (χ2n) is 21.1. The Labute approximate surface area is 539 Å². The average molecular weight is 1310 g/mol. The van der Waals surface area contributed by atoms with Crippen molar-refractivity contribution in [2.75, 3.05) is 183 Å². The number of hydrogen-bond acceptors (Lipinski definition) is 21. The molecule has 1 saturated heterocycles. The first-order chi connectivity index (χ1) is 42.0. The van der Waals surface area contributed by atoms with E-state index in [1.807, 2.05) is 44.2 Å². The zero-order chi connectivity index (χ0) is 70.8. The van der Waals surface area contributed by atoms with Crippen LogP contribution in [0.4, 0.5) is 14.4 Å². The lowest BCUT2D eigenvalue weighted by Gasteiger charge is -2.26. The maximum Gasteiger partial charge on any atom is 0.410 e. The van der Waals surface area contributed by atoms with Gasteiger partial charge in [-0.05, 0) is 127 Å². The summed E-state index contributed by atoms with van der Waals surface area (Å²) in [4.78, 5) is 127. The van der Waals surface area contributed by atoms with Crippen LogP contribution in [0, 0.1) is 0 Å². The van der Waals surface area contributed by atoms with E-state index in [1.165, 1.54) is 45.2 Å². The highest BCUT2D eigenvalue weighted by molar-refractivity contribution is 7.98. The molecule has 0 spiro atoms. The van der Waals surface area contributed by atoms with Gasteiger partial charge in [-0.25, -0.2) is 19.2 Å². The van der Waals surface area contributed by atoms with Crippen molar-refractivity contribution in [1.29, 1.82) is 0 Å². The molecule has 2 rings (SSSR count). The monoisotopic (exact) mass is 1310 g/mol. The normalized spacial score (nSPS) is 11.4. The van der Waals surface area contributed by atoms with Crippen LogP contribution in [0.15, 0.2) is 24.3 Å². The smallest absolute Gasteiger partial charge is 0.410 e. The number of aliphatic hydroxyl groups is 1. The molecule has 0 aliphatic carbocycles. The molecule has 32 heteroatoms. The van der Waals surface area contributed by atoms with Crippen LogP contribution in [0.1, 0.15) is 94.4 Å². The van der Waals surface area contributed by atoms with Gasteiger partial charge in [0.25, 0.3) is 5.91 Å². The number of carboxylic acid groups (broad SMARTS) is 1. The van der Waals surface area contributed by atoms with Gasteiger partial charge in [-0.1, -0.05) is 12.1 Å². The summed E-state index contributed by atoms with van der Waals surface area (Å²) >= 11 is 1.63. The Morgan fingerprint density at radius 3 is 1.49 bits per heavy atom. The molecule has 10 amide bonds. The van der Waals surface area contributed by atoms with Crippen LogP contribution in [0.3, 0.4) is 0 Å². The van der Waals surface area contributed by atoms with Crippen molar-refractivity contribution in [1.82, 2.24) is 72.8 Å². The summed E-state index contributed by atoms with van der Waals surface area (Å²) in [5.74, 6) is -0.932. The lowest BCUT2D eigenvalue weighted by atomic mass is 10.1. The topological polar surface area (TPSA) is 398 Å². The zero-order valence-electron chi connectivity index (χ0n) is 57.6. The first-order valence-corrected chi connectivity index (χ1v) is 30.3. The number of nitrogens with one attached hydrogen (secondary N) is 10. The van der Waals surface area contributed by atoms with Crippen LogP contribution in [0.25, 0.3) is 0 Å². The lowest BCUT2D eigenvalue weighted by molar-refractivity contribution is -0.123. The van der Waals surface area contributed by atoms with Crippen LogP contribution >= 0.6 is 11.8 Å². The van der Waals surface area contributed by atoms with Gasteiger partial charge < -0.3 is 97.0 Å². The van der Waals surface area contributed by atoms with E-state index in [2.05, 4.69) is 58.1 Å². The molecule has 0 saturated carbocycles. The Morgan fingerprint density at radius 1 is 0.622 bits per heavy atom. The molecular weight excluding hydrogens is 1200 g/mol. The molecule has 31 nitrogen and oxygen atoms in total. The van der Waals surface area contributed by atoms with Crippen molar-refractivity contribution in [2.45, 2.75) is 90.9 Å². The lowest BCUT2D eigenvalue weighted by Crippen LogP contribution is -2.47. The minimum Gasteiger partial charge on any atom is -0.478 e. The van der Waals surface area contributed by atoms with Gasteiger partial charge in [-0.2, -0.15) is 11.8 Å². The summed E-state index contributed by atoms with van der Waals surface area (Å²) in [7, 11) is 23.4. The molecule has 1 aromatic carbocycles. The number of thioether (sulfide) groups is 1. The third-order valence-electron chi connectivity index (χ3n) is 10.3. The molecule has 1 atom stereocenters. The molecule has 0 aromatic heterocycles. The maximum absolute atomic E-state index is 11.5. The number of hydrogen-bond donors (Lipinski definition) is 12. The van der Waals surface area contributed by atoms with Crippen molar-refractivity contribution in [3.8, 4) is 0 Å². The third kappa shape index (κ3) is 65.3. The number of aliphatic hydroxyl groups excluding tert-OH is 1. The fourth-order valence-electron chi connectivity index (χ4n) is 5.62. The van der Waals surface area contributed by atoms with Crippen molar-refractivity contribution in [2.24, 2.45) is 0 Å². The number of amides is 10. The number of rotatable bonds is 23. The van der Waals surface area contributed by atoms with Crippen LogP contribution in [-0.4, -0.2) is 296 Å². The number of carbonyl (C=O) groups excluding carboxylic acids is 10. The summed E-state index contributed by atoms with van der Waals surface area (Å²) in [6.07, 6.45) is 3.66. The second kappa shape index (κ2) is 59.5. The molecule has 1 unspecified atom stereocenters. The number of morpholine rings is 1. The molecule has 1 aromatic rings. The number of likely N-dealkylation sites (N-methyl/N-ethyl adjacent to an activating group) is 8. The second-order valence-corrected chi connectivity index (χ2v) is 22.1. The van der Waals surface area contributed by atoms with E-state index in [-0.39, 0.29) is 65.8 Å². The molecular formula is C58H114N14O17S. The van der Waals surface area contributed by atoms with Crippen LogP contribution in [-0.2, 0) is 47.7 Å². The van der Waals surface area contributed by atoms with Crippen LogP contribution in [0.2, 0.25) is 0 Å².